The first-order chi connectivity index (χ1) is 12.8. The minimum Gasteiger partial charge on any atom is -0.347 e. The monoisotopic (exact) mass is 369 g/mol. The molecule has 6 nitrogen and oxygen atoms in total. The van der Waals surface area contributed by atoms with Crippen LogP contribution in [0.2, 0.25) is 0 Å². The summed E-state index contributed by atoms with van der Waals surface area (Å²) in [6, 6.07) is 6.18. The summed E-state index contributed by atoms with van der Waals surface area (Å²) in [4.78, 5) is 14.3. The van der Waals surface area contributed by atoms with Gasteiger partial charge in [0, 0.05) is 17.3 Å². The lowest BCUT2D eigenvalue weighted by Gasteiger charge is -2.22. The van der Waals surface area contributed by atoms with Gasteiger partial charge in [0.1, 0.15) is 11.5 Å². The molecule has 0 spiro atoms. The van der Waals surface area contributed by atoms with E-state index in [1.54, 1.807) is 17.0 Å². The van der Waals surface area contributed by atoms with Crippen LogP contribution < -0.4 is 5.32 Å². The summed E-state index contributed by atoms with van der Waals surface area (Å²) >= 11 is 0. The molecule has 142 valence electrons. The van der Waals surface area contributed by atoms with Crippen LogP contribution in [0.4, 0.5) is 4.39 Å². The molecule has 0 radical (unpaired) electrons. The molecule has 1 aromatic carbocycles. The second kappa shape index (κ2) is 7.39. The van der Waals surface area contributed by atoms with Crippen molar-refractivity contribution in [1.29, 1.82) is 5.26 Å². The molecule has 27 heavy (non-hydrogen) atoms. The summed E-state index contributed by atoms with van der Waals surface area (Å²) in [5.41, 5.74) is 2.20. The van der Waals surface area contributed by atoms with Crippen LogP contribution in [-0.4, -0.2) is 38.7 Å². The van der Waals surface area contributed by atoms with Crippen LogP contribution in [0.3, 0.4) is 0 Å². The van der Waals surface area contributed by atoms with Crippen molar-refractivity contribution in [2.45, 2.75) is 58.7 Å². The SMILES string of the molecule is CC[C@H]1C[C@@H](NC(=O)c2ccc(-n3nc(C)cc3C)c(F)c2)[C@@H](C)N1C#N. The third kappa shape index (κ3) is 3.52. The number of halogens is 1. The molecular formula is C20H24FN5O. The Hall–Kier alpha value is -2.88. The Bertz CT molecular complexity index is 900. The lowest BCUT2D eigenvalue weighted by molar-refractivity contribution is 0.0930. The topological polar surface area (TPSA) is 74.0 Å². The first kappa shape index (κ1) is 18.9. The third-order valence-corrected chi connectivity index (χ3v) is 5.29. The van der Waals surface area contributed by atoms with Crippen LogP contribution in [0.5, 0.6) is 0 Å². The van der Waals surface area contributed by atoms with Gasteiger partial charge >= 0.3 is 0 Å². The molecule has 1 aromatic heterocycles. The maximum Gasteiger partial charge on any atom is 0.251 e. The number of nitrogens with one attached hydrogen (secondary N) is 1. The van der Waals surface area contributed by atoms with Crippen molar-refractivity contribution in [1.82, 2.24) is 20.0 Å². The maximum atomic E-state index is 14.6. The van der Waals surface area contributed by atoms with Gasteiger partial charge in [-0.1, -0.05) is 6.92 Å². The van der Waals surface area contributed by atoms with Gasteiger partial charge in [-0.25, -0.2) is 9.07 Å². The standard InChI is InChI=1S/C20H24FN5O/c1-5-16-10-18(14(4)25(16)11-22)23-20(27)15-6-7-19(17(21)9-15)26-13(3)8-12(2)24-26/h6-9,14,16,18H,5,10H2,1-4H3,(H,23,27)/t14-,16+,18-/m1/s1. The molecule has 1 N–H and O–H groups in total. The Morgan fingerprint density at radius 3 is 2.67 bits per heavy atom. The molecular weight excluding hydrogens is 345 g/mol. The molecule has 2 heterocycles. The maximum absolute atomic E-state index is 14.6. The van der Waals surface area contributed by atoms with E-state index in [1.165, 1.54) is 10.7 Å². The third-order valence-electron chi connectivity index (χ3n) is 5.29. The highest BCUT2D eigenvalue weighted by Crippen LogP contribution is 2.26. The molecule has 1 fully saturated rings. The first-order valence-corrected chi connectivity index (χ1v) is 9.17. The number of rotatable bonds is 4. The zero-order chi connectivity index (χ0) is 19.7. The Morgan fingerprint density at radius 2 is 2.15 bits per heavy atom. The van der Waals surface area contributed by atoms with Gasteiger partial charge in [-0.05, 0) is 57.9 Å². The van der Waals surface area contributed by atoms with Crippen molar-refractivity contribution in [2.75, 3.05) is 0 Å². The molecule has 0 saturated carbocycles. The van der Waals surface area contributed by atoms with Crippen LogP contribution in [0.15, 0.2) is 24.3 Å². The fourth-order valence-electron chi connectivity index (χ4n) is 3.79. The minimum absolute atomic E-state index is 0.0808. The normalized spacial score (nSPS) is 21.9. The van der Waals surface area contributed by atoms with Gasteiger partial charge in [0.2, 0.25) is 0 Å². The molecule has 3 rings (SSSR count). The number of aryl methyl sites for hydroxylation is 2. The molecule has 1 aliphatic rings. The molecule has 3 atom stereocenters. The van der Waals surface area contributed by atoms with E-state index in [-0.39, 0.29) is 29.6 Å². The van der Waals surface area contributed by atoms with Gasteiger partial charge in [-0.3, -0.25) is 4.79 Å². The van der Waals surface area contributed by atoms with Gasteiger partial charge < -0.3 is 10.2 Å². The summed E-state index contributed by atoms with van der Waals surface area (Å²) in [6.45, 7) is 7.65. The number of nitrogens with zero attached hydrogens (tertiary/aromatic N) is 4. The van der Waals surface area contributed by atoms with E-state index < -0.39 is 5.82 Å². The summed E-state index contributed by atoms with van der Waals surface area (Å²) in [5, 5.41) is 16.6. The average molecular weight is 369 g/mol. The Kier molecular flexibility index (Phi) is 5.17. The first-order valence-electron chi connectivity index (χ1n) is 9.17. The number of carbonyl (C=O) groups is 1. The van der Waals surface area contributed by atoms with E-state index in [4.69, 9.17) is 0 Å². The lowest BCUT2D eigenvalue weighted by atomic mass is 10.1. The number of hydrogen-bond acceptors (Lipinski definition) is 4. The Balaban J connectivity index is 1.77. The molecule has 7 heteroatoms. The summed E-state index contributed by atoms with van der Waals surface area (Å²) in [7, 11) is 0. The molecule has 1 saturated heterocycles. The zero-order valence-electron chi connectivity index (χ0n) is 16.0. The van der Waals surface area contributed by atoms with Crippen molar-refractivity contribution >= 4 is 5.91 Å². The quantitative estimate of drug-likeness (QED) is 0.841. The fourth-order valence-corrected chi connectivity index (χ4v) is 3.79. The number of amides is 1. The molecule has 1 aliphatic heterocycles. The van der Waals surface area contributed by atoms with E-state index in [0.717, 1.165) is 17.8 Å². The fraction of sp³-hybridized carbons (Fsp3) is 0.450. The lowest BCUT2D eigenvalue weighted by Crippen LogP contribution is -2.42. The number of benzene rings is 1. The van der Waals surface area contributed by atoms with Crippen molar-refractivity contribution in [3.63, 3.8) is 0 Å². The van der Waals surface area contributed by atoms with Gasteiger partial charge in [0.25, 0.3) is 5.91 Å². The van der Waals surface area contributed by atoms with Crippen LogP contribution in [-0.2, 0) is 0 Å². The predicted molar refractivity (Wildman–Crippen MR) is 99.9 cm³/mol. The highest BCUT2D eigenvalue weighted by atomic mass is 19.1. The largest absolute Gasteiger partial charge is 0.347 e. The second-order valence-electron chi connectivity index (χ2n) is 7.13. The Labute approximate surface area is 158 Å². The predicted octanol–water partition coefficient (Wildman–Crippen LogP) is 3.08. The average Bonchev–Trinajstić information content (AvgIpc) is 3.13. The van der Waals surface area contributed by atoms with Crippen LogP contribution in [0, 0.1) is 31.1 Å². The minimum atomic E-state index is -0.501. The number of carbonyl (C=O) groups excluding carboxylic acids is 1. The molecule has 0 aliphatic carbocycles. The van der Waals surface area contributed by atoms with Gasteiger partial charge in [-0.15, -0.1) is 0 Å². The van der Waals surface area contributed by atoms with E-state index in [2.05, 4.69) is 16.6 Å². The van der Waals surface area contributed by atoms with Crippen LogP contribution >= 0.6 is 0 Å². The molecule has 1 amide bonds. The van der Waals surface area contributed by atoms with Gasteiger partial charge in [0.15, 0.2) is 6.19 Å². The van der Waals surface area contributed by atoms with Crippen molar-refractivity contribution < 1.29 is 9.18 Å². The van der Waals surface area contributed by atoms with Gasteiger partial charge in [-0.2, -0.15) is 10.4 Å². The van der Waals surface area contributed by atoms with Crippen molar-refractivity contribution in [2.24, 2.45) is 0 Å². The highest BCUT2D eigenvalue weighted by molar-refractivity contribution is 5.94. The highest BCUT2D eigenvalue weighted by Gasteiger charge is 2.38. The number of aromatic nitrogens is 2. The van der Waals surface area contributed by atoms with E-state index in [9.17, 15) is 14.4 Å². The number of likely N-dealkylation sites (tertiary alicyclic amines) is 1. The van der Waals surface area contributed by atoms with E-state index in [1.807, 2.05) is 33.8 Å². The number of hydrogen-bond donors (Lipinski definition) is 1. The summed E-state index contributed by atoms with van der Waals surface area (Å²) in [6.07, 6.45) is 3.77. The molecule has 2 aromatic rings. The van der Waals surface area contributed by atoms with Crippen LogP contribution in [0.1, 0.15) is 48.4 Å². The summed E-state index contributed by atoms with van der Waals surface area (Å²) < 4.78 is 16.1. The van der Waals surface area contributed by atoms with Crippen LogP contribution in [0.25, 0.3) is 5.69 Å². The van der Waals surface area contributed by atoms with E-state index >= 15 is 0 Å². The molecule has 0 unspecified atom stereocenters. The Morgan fingerprint density at radius 1 is 1.41 bits per heavy atom. The number of nitriles is 1. The smallest absolute Gasteiger partial charge is 0.251 e. The van der Waals surface area contributed by atoms with Gasteiger partial charge in [0.05, 0.1) is 17.8 Å². The van der Waals surface area contributed by atoms with Crippen molar-refractivity contribution in [3.8, 4) is 11.9 Å². The van der Waals surface area contributed by atoms with Crippen molar-refractivity contribution in [3.05, 3.63) is 47.0 Å². The van der Waals surface area contributed by atoms with E-state index in [0.29, 0.717) is 12.1 Å². The second-order valence-corrected chi connectivity index (χ2v) is 7.13. The summed E-state index contributed by atoms with van der Waals surface area (Å²) in [5.74, 6) is -0.835. The molecule has 0 bridgehead atoms. The zero-order valence-corrected chi connectivity index (χ0v) is 16.0.